The van der Waals surface area contributed by atoms with E-state index in [1.54, 1.807) is 44.2 Å². The summed E-state index contributed by atoms with van der Waals surface area (Å²) in [6, 6.07) is 0. The van der Waals surface area contributed by atoms with Crippen LogP contribution in [0.5, 0.6) is 0 Å². The third-order valence-corrected chi connectivity index (χ3v) is 7.94. The molecule has 2 heterocycles. The smallest absolute Gasteiger partial charge is 0.309 e. The molecule has 1 saturated heterocycles. The highest BCUT2D eigenvalue weighted by Gasteiger charge is 2.48. The number of ether oxygens (including phenoxy) is 4. The van der Waals surface area contributed by atoms with Crippen LogP contribution in [0, 0.1) is 11.8 Å². The minimum absolute atomic E-state index is 0.00110. The molecule has 0 aromatic carbocycles. The van der Waals surface area contributed by atoms with Gasteiger partial charge in [-0.25, -0.2) is 0 Å². The van der Waals surface area contributed by atoms with Crippen LogP contribution in [0.4, 0.5) is 0 Å². The van der Waals surface area contributed by atoms with E-state index in [2.05, 4.69) is 0 Å². The SMILES string of the molecule is CCC(OC(C)=O)C(C)C1OC1CC(C)(O)C=CC=C(C)C1OC(=O)CC(O)CCC(C)(O)C(OC(C)=O)C=CC1C. The highest BCUT2D eigenvalue weighted by Crippen LogP contribution is 2.38. The molecule has 10 nitrogen and oxygen atoms in total. The summed E-state index contributed by atoms with van der Waals surface area (Å²) in [6.07, 6.45) is 6.25. The Labute approximate surface area is 249 Å². The number of hydrogen-bond acceptors (Lipinski definition) is 10. The van der Waals surface area contributed by atoms with E-state index in [-0.39, 0.29) is 55.4 Å². The van der Waals surface area contributed by atoms with Crippen molar-refractivity contribution in [2.45, 2.75) is 135 Å². The minimum Gasteiger partial charge on any atom is -0.462 e. The standard InChI is InChI=1S/C32H50O10/c1-9-25(39-22(5)33)21(4)30-26(41-30)18-31(7,37)15-10-11-19(2)29-20(3)12-13-27(40-23(6)34)32(8,38)16-14-24(35)17-28(36)42-29/h10-13,15,20-21,24-27,29-30,35,37-38H,9,14,16-18H2,1-8H3. The molecule has 1 fully saturated rings. The Bertz CT molecular complexity index is 1030. The van der Waals surface area contributed by atoms with Crippen molar-refractivity contribution < 1.29 is 48.7 Å². The number of esters is 3. The van der Waals surface area contributed by atoms with Gasteiger partial charge in [0.25, 0.3) is 0 Å². The van der Waals surface area contributed by atoms with Gasteiger partial charge in [0.05, 0.1) is 30.3 Å². The third kappa shape index (κ3) is 11.3. The fourth-order valence-electron chi connectivity index (χ4n) is 5.38. The zero-order valence-corrected chi connectivity index (χ0v) is 26.2. The average Bonchev–Trinajstić information content (AvgIpc) is 3.63. The quantitative estimate of drug-likeness (QED) is 0.112. The maximum absolute atomic E-state index is 12.7. The molecule has 42 heavy (non-hydrogen) atoms. The zero-order valence-electron chi connectivity index (χ0n) is 26.2. The second-order valence-electron chi connectivity index (χ2n) is 12.3. The molecule has 10 heteroatoms. The molecule has 238 valence electrons. The van der Waals surface area contributed by atoms with Crippen LogP contribution in [0.3, 0.4) is 0 Å². The maximum Gasteiger partial charge on any atom is 0.309 e. The summed E-state index contributed by atoms with van der Waals surface area (Å²) < 4.78 is 22.3. The molecule has 0 aromatic rings. The number of carbonyl (C=O) groups is 3. The summed E-state index contributed by atoms with van der Waals surface area (Å²) in [6.45, 7) is 13.4. The number of cyclic esters (lactones) is 1. The fourth-order valence-corrected chi connectivity index (χ4v) is 5.38. The summed E-state index contributed by atoms with van der Waals surface area (Å²) >= 11 is 0. The number of allylic oxidation sites excluding steroid dienone is 2. The molecule has 0 bridgehead atoms. The lowest BCUT2D eigenvalue weighted by atomic mass is 9.88. The van der Waals surface area contributed by atoms with Crippen molar-refractivity contribution in [2.75, 3.05) is 0 Å². The van der Waals surface area contributed by atoms with Crippen LogP contribution in [-0.2, 0) is 33.3 Å². The predicted octanol–water partition coefficient (Wildman–Crippen LogP) is 3.71. The molecule has 2 aliphatic rings. The van der Waals surface area contributed by atoms with Crippen LogP contribution >= 0.6 is 0 Å². The Morgan fingerprint density at radius 1 is 1.24 bits per heavy atom. The molecule has 0 amide bonds. The van der Waals surface area contributed by atoms with E-state index in [1.165, 1.54) is 20.8 Å². The van der Waals surface area contributed by atoms with Crippen molar-refractivity contribution in [3.05, 3.63) is 36.0 Å². The van der Waals surface area contributed by atoms with Crippen LogP contribution in [0.25, 0.3) is 0 Å². The molecule has 3 N–H and O–H groups in total. The third-order valence-electron chi connectivity index (χ3n) is 7.94. The van der Waals surface area contributed by atoms with Gasteiger partial charge in [-0.15, -0.1) is 0 Å². The molecule has 2 rings (SSSR count). The van der Waals surface area contributed by atoms with E-state index in [1.807, 2.05) is 20.8 Å². The molecular formula is C32H50O10. The van der Waals surface area contributed by atoms with E-state index in [9.17, 15) is 29.7 Å². The second-order valence-corrected chi connectivity index (χ2v) is 12.3. The largest absolute Gasteiger partial charge is 0.462 e. The Morgan fingerprint density at radius 2 is 1.90 bits per heavy atom. The summed E-state index contributed by atoms with van der Waals surface area (Å²) in [5, 5.41) is 32.3. The zero-order chi connectivity index (χ0) is 31.8. The van der Waals surface area contributed by atoms with Crippen LogP contribution in [0.2, 0.25) is 0 Å². The first-order valence-corrected chi connectivity index (χ1v) is 14.8. The number of epoxide rings is 1. The topological polar surface area (TPSA) is 152 Å². The van der Waals surface area contributed by atoms with Crippen molar-refractivity contribution >= 4 is 17.9 Å². The van der Waals surface area contributed by atoms with Gasteiger partial charge in [-0.1, -0.05) is 45.1 Å². The number of rotatable bonds is 10. The molecule has 0 saturated carbocycles. The van der Waals surface area contributed by atoms with Gasteiger partial charge < -0.3 is 34.3 Å². The summed E-state index contributed by atoms with van der Waals surface area (Å²) in [5.41, 5.74) is -1.93. The number of hydrogen-bond donors (Lipinski definition) is 3. The van der Waals surface area contributed by atoms with Crippen molar-refractivity contribution in [1.29, 1.82) is 0 Å². The highest BCUT2D eigenvalue weighted by molar-refractivity contribution is 5.70. The van der Waals surface area contributed by atoms with Crippen molar-refractivity contribution in [3.8, 4) is 0 Å². The first-order chi connectivity index (χ1) is 19.5. The van der Waals surface area contributed by atoms with Gasteiger partial charge in [0.15, 0.2) is 0 Å². The molecule has 2 aliphatic heterocycles. The Kier molecular flexibility index (Phi) is 13.0. The Morgan fingerprint density at radius 3 is 2.50 bits per heavy atom. The monoisotopic (exact) mass is 594 g/mol. The number of aliphatic hydroxyl groups is 3. The van der Waals surface area contributed by atoms with Gasteiger partial charge in [-0.3, -0.25) is 14.4 Å². The number of carbonyl (C=O) groups excluding carboxylic acids is 3. The minimum atomic E-state index is -1.44. The Hall–Kier alpha value is -2.53. The highest BCUT2D eigenvalue weighted by atomic mass is 16.6. The average molecular weight is 595 g/mol. The molecular weight excluding hydrogens is 544 g/mol. The molecule has 0 spiro atoms. The van der Waals surface area contributed by atoms with Crippen LogP contribution in [0.1, 0.15) is 87.5 Å². The van der Waals surface area contributed by atoms with E-state index < -0.39 is 41.5 Å². The van der Waals surface area contributed by atoms with Gasteiger partial charge in [-0.05, 0) is 51.7 Å². The summed E-state index contributed by atoms with van der Waals surface area (Å²) in [5.74, 6) is -1.81. The van der Waals surface area contributed by atoms with E-state index in [0.717, 1.165) is 0 Å². The van der Waals surface area contributed by atoms with Crippen molar-refractivity contribution in [1.82, 2.24) is 0 Å². The lowest BCUT2D eigenvalue weighted by Crippen LogP contribution is -2.42. The van der Waals surface area contributed by atoms with E-state index in [0.29, 0.717) is 18.4 Å². The lowest BCUT2D eigenvalue weighted by molar-refractivity contribution is -0.157. The van der Waals surface area contributed by atoms with Gasteiger partial charge in [0, 0.05) is 32.1 Å². The van der Waals surface area contributed by atoms with Crippen molar-refractivity contribution in [3.63, 3.8) is 0 Å². The fraction of sp³-hybridized carbons (Fsp3) is 0.719. The summed E-state index contributed by atoms with van der Waals surface area (Å²) in [7, 11) is 0. The van der Waals surface area contributed by atoms with Gasteiger partial charge in [-0.2, -0.15) is 0 Å². The maximum atomic E-state index is 12.7. The van der Waals surface area contributed by atoms with E-state index in [4.69, 9.17) is 18.9 Å². The van der Waals surface area contributed by atoms with Crippen LogP contribution in [0.15, 0.2) is 36.0 Å². The molecule has 0 aliphatic carbocycles. The molecule has 10 unspecified atom stereocenters. The first kappa shape index (κ1) is 35.7. The van der Waals surface area contributed by atoms with E-state index >= 15 is 0 Å². The first-order valence-electron chi connectivity index (χ1n) is 14.8. The molecule has 0 radical (unpaired) electrons. The summed E-state index contributed by atoms with van der Waals surface area (Å²) in [4.78, 5) is 35.7. The Balaban J connectivity index is 2.16. The number of aliphatic hydroxyl groups excluding tert-OH is 1. The predicted molar refractivity (Wildman–Crippen MR) is 156 cm³/mol. The molecule has 10 atom stereocenters. The van der Waals surface area contributed by atoms with Crippen LogP contribution in [-0.4, -0.2) is 81.1 Å². The van der Waals surface area contributed by atoms with Gasteiger partial charge in [0.1, 0.15) is 23.9 Å². The van der Waals surface area contributed by atoms with Gasteiger partial charge >= 0.3 is 17.9 Å². The van der Waals surface area contributed by atoms with Gasteiger partial charge in [0.2, 0.25) is 0 Å². The lowest BCUT2D eigenvalue weighted by Gasteiger charge is -2.32. The van der Waals surface area contributed by atoms with Crippen LogP contribution < -0.4 is 0 Å². The van der Waals surface area contributed by atoms with Crippen molar-refractivity contribution in [2.24, 2.45) is 11.8 Å². The normalized spacial score (nSPS) is 33.9. The molecule has 0 aromatic heterocycles. The second kappa shape index (κ2) is 15.3.